The Balaban J connectivity index is 1.67. The monoisotopic (exact) mass is 431 g/mol. The van der Waals surface area contributed by atoms with E-state index in [2.05, 4.69) is 26.3 Å². The van der Waals surface area contributed by atoms with E-state index in [1.807, 2.05) is 12.1 Å². The molecule has 0 unspecified atom stereocenters. The lowest BCUT2D eigenvalue weighted by Crippen LogP contribution is -2.10. The highest BCUT2D eigenvalue weighted by atomic mass is 35.5. The van der Waals surface area contributed by atoms with Gasteiger partial charge < -0.3 is 5.32 Å². The van der Waals surface area contributed by atoms with Crippen molar-refractivity contribution in [3.8, 4) is 11.3 Å². The van der Waals surface area contributed by atoms with Crippen LogP contribution in [-0.4, -0.2) is 15.7 Å². The van der Waals surface area contributed by atoms with Gasteiger partial charge in [0.2, 0.25) is 5.95 Å². The van der Waals surface area contributed by atoms with E-state index in [1.165, 1.54) is 18.2 Å². The summed E-state index contributed by atoms with van der Waals surface area (Å²) in [7, 11) is 0. The molecule has 0 saturated carbocycles. The van der Waals surface area contributed by atoms with Crippen LogP contribution in [0, 0.1) is 17.7 Å². The lowest BCUT2D eigenvalue weighted by atomic mass is 9.95. The molecule has 2 heterocycles. The van der Waals surface area contributed by atoms with Gasteiger partial charge in [-0.15, -0.1) is 0 Å². The normalized spacial score (nSPS) is 12.4. The van der Waals surface area contributed by atoms with Crippen LogP contribution in [0.5, 0.6) is 0 Å². The molecule has 4 nitrogen and oxygen atoms in total. The molecule has 0 fully saturated rings. The molecule has 0 bridgehead atoms. The molecule has 1 aromatic heterocycles. The first kappa shape index (κ1) is 19.3. The molecule has 1 N–H and O–H groups in total. The molecule has 4 aromatic rings. The highest BCUT2D eigenvalue weighted by Gasteiger charge is 2.25. The van der Waals surface area contributed by atoms with Gasteiger partial charge in [-0.1, -0.05) is 35.9 Å². The zero-order valence-corrected chi connectivity index (χ0v) is 16.8. The maximum absolute atomic E-state index is 14.6. The second kappa shape index (κ2) is 7.89. The van der Waals surface area contributed by atoms with Crippen LogP contribution in [0.3, 0.4) is 0 Å². The fourth-order valence-corrected chi connectivity index (χ4v) is 3.69. The molecule has 151 valence electrons. The Hall–Kier alpha value is -3.64. The molecule has 3 aromatic carbocycles. The molecular formula is C24H14ClF2N4. The molecule has 0 aliphatic carbocycles. The second-order valence-corrected chi connectivity index (χ2v) is 7.37. The van der Waals surface area contributed by atoms with Gasteiger partial charge in [-0.2, -0.15) is 0 Å². The Bertz CT molecular complexity index is 1300. The van der Waals surface area contributed by atoms with Gasteiger partial charge in [-0.3, -0.25) is 4.99 Å². The molecule has 1 aliphatic rings. The number of halogens is 3. The van der Waals surface area contributed by atoms with E-state index in [9.17, 15) is 8.78 Å². The van der Waals surface area contributed by atoms with Crippen molar-refractivity contribution < 1.29 is 8.78 Å². The number of benzene rings is 3. The number of rotatable bonds is 3. The van der Waals surface area contributed by atoms with Gasteiger partial charge in [0.15, 0.2) is 0 Å². The third-order valence-corrected chi connectivity index (χ3v) is 5.17. The highest BCUT2D eigenvalue weighted by molar-refractivity contribution is 6.31. The molecule has 5 rings (SSSR count). The Morgan fingerprint density at radius 3 is 2.52 bits per heavy atom. The van der Waals surface area contributed by atoms with E-state index in [0.29, 0.717) is 27.8 Å². The lowest BCUT2D eigenvalue weighted by molar-refractivity contribution is 0.579. The minimum Gasteiger partial charge on any atom is -0.324 e. The van der Waals surface area contributed by atoms with Crippen molar-refractivity contribution in [2.75, 3.05) is 5.32 Å². The summed E-state index contributed by atoms with van der Waals surface area (Å²) in [6.07, 6.45) is 1.67. The average molecular weight is 432 g/mol. The van der Waals surface area contributed by atoms with Gasteiger partial charge in [0, 0.05) is 33.6 Å². The van der Waals surface area contributed by atoms with Crippen molar-refractivity contribution in [1.82, 2.24) is 9.97 Å². The topological polar surface area (TPSA) is 50.2 Å². The van der Waals surface area contributed by atoms with Crippen molar-refractivity contribution in [3.05, 3.63) is 106 Å². The number of anilines is 2. The van der Waals surface area contributed by atoms with Crippen molar-refractivity contribution >= 4 is 28.9 Å². The van der Waals surface area contributed by atoms with E-state index in [-0.39, 0.29) is 17.8 Å². The predicted molar refractivity (Wildman–Crippen MR) is 117 cm³/mol. The summed E-state index contributed by atoms with van der Waals surface area (Å²) in [6, 6.07) is 19.1. The largest absolute Gasteiger partial charge is 0.324 e. The number of nitrogens with one attached hydrogen (secondary N) is 1. The first-order valence-electron chi connectivity index (χ1n) is 9.48. The fraction of sp³-hybridized carbons (Fsp3) is 0.0417. The summed E-state index contributed by atoms with van der Waals surface area (Å²) >= 11 is 6.24. The Labute approximate surface area is 182 Å². The van der Waals surface area contributed by atoms with Gasteiger partial charge in [0.25, 0.3) is 0 Å². The molecule has 0 saturated heterocycles. The van der Waals surface area contributed by atoms with Crippen molar-refractivity contribution in [1.29, 1.82) is 0 Å². The summed E-state index contributed by atoms with van der Waals surface area (Å²) in [4.78, 5) is 13.6. The first-order valence-corrected chi connectivity index (χ1v) is 9.86. The van der Waals surface area contributed by atoms with Crippen LogP contribution in [0.25, 0.3) is 11.3 Å². The number of aliphatic imine (C=N–C) groups is 1. The molecular weight excluding hydrogens is 418 g/mol. The molecule has 1 radical (unpaired) electrons. The molecule has 7 heteroatoms. The number of hydrogen-bond donors (Lipinski definition) is 1. The minimum absolute atomic E-state index is 0.172. The Morgan fingerprint density at radius 1 is 0.968 bits per heavy atom. The van der Waals surface area contributed by atoms with E-state index in [0.717, 1.165) is 11.3 Å². The number of fused-ring (bicyclic) bond motifs is 3. The molecule has 0 atom stereocenters. The average Bonchev–Trinajstić information content (AvgIpc) is 2.91. The zero-order chi connectivity index (χ0) is 21.4. The van der Waals surface area contributed by atoms with Crippen LogP contribution in [0.2, 0.25) is 5.02 Å². The SMILES string of the molecule is Fc1cccc(F)c1C1=NCc2cnc(Nc3cc[c]cc3)nc2-c2ccc(Cl)cc21. The smallest absolute Gasteiger partial charge is 0.227 e. The van der Waals surface area contributed by atoms with E-state index < -0.39 is 11.6 Å². The fourth-order valence-electron chi connectivity index (χ4n) is 3.52. The zero-order valence-electron chi connectivity index (χ0n) is 16.0. The van der Waals surface area contributed by atoms with Gasteiger partial charge in [0.05, 0.1) is 23.5 Å². The first-order chi connectivity index (χ1) is 15.1. The van der Waals surface area contributed by atoms with Gasteiger partial charge in [0.1, 0.15) is 11.6 Å². The number of aromatic nitrogens is 2. The molecule has 31 heavy (non-hydrogen) atoms. The third-order valence-electron chi connectivity index (χ3n) is 4.94. The predicted octanol–water partition coefficient (Wildman–Crippen LogP) is 5.97. The molecule has 0 amide bonds. The van der Waals surface area contributed by atoms with Crippen molar-refractivity contribution in [2.45, 2.75) is 6.54 Å². The maximum Gasteiger partial charge on any atom is 0.227 e. The van der Waals surface area contributed by atoms with Gasteiger partial charge in [-0.25, -0.2) is 18.7 Å². The highest BCUT2D eigenvalue weighted by Crippen LogP contribution is 2.34. The number of hydrogen-bond acceptors (Lipinski definition) is 4. The quantitative estimate of drug-likeness (QED) is 0.434. The van der Waals surface area contributed by atoms with Crippen molar-refractivity contribution in [2.24, 2.45) is 4.99 Å². The van der Waals surface area contributed by atoms with Gasteiger partial charge >= 0.3 is 0 Å². The van der Waals surface area contributed by atoms with Gasteiger partial charge in [-0.05, 0) is 42.5 Å². The van der Waals surface area contributed by atoms with Crippen molar-refractivity contribution in [3.63, 3.8) is 0 Å². The number of nitrogens with zero attached hydrogens (tertiary/aromatic N) is 3. The van der Waals surface area contributed by atoms with Crippen LogP contribution < -0.4 is 5.32 Å². The van der Waals surface area contributed by atoms with Crippen LogP contribution in [0.4, 0.5) is 20.4 Å². The van der Waals surface area contributed by atoms with E-state index >= 15 is 0 Å². The van der Waals surface area contributed by atoms with Crippen LogP contribution in [-0.2, 0) is 6.54 Å². The van der Waals surface area contributed by atoms with Crippen LogP contribution >= 0.6 is 11.6 Å². The molecule has 1 aliphatic heterocycles. The van der Waals surface area contributed by atoms with Crippen LogP contribution in [0.1, 0.15) is 16.7 Å². The second-order valence-electron chi connectivity index (χ2n) is 6.93. The van der Waals surface area contributed by atoms with E-state index in [1.54, 1.807) is 36.5 Å². The standard InChI is InChI=1S/C24H14ClF2N4/c25-15-9-10-17-18(11-15)23(21-19(26)7-4-8-20(21)27)28-12-14-13-29-24(31-22(14)17)30-16-5-2-1-3-6-16/h2-11,13H,12H2,(H,29,30,31). The lowest BCUT2D eigenvalue weighted by Gasteiger charge is -2.13. The Morgan fingerprint density at radius 2 is 1.74 bits per heavy atom. The summed E-state index contributed by atoms with van der Waals surface area (Å²) < 4.78 is 29.2. The summed E-state index contributed by atoms with van der Waals surface area (Å²) in [5, 5.41) is 3.58. The van der Waals surface area contributed by atoms with Crippen LogP contribution in [0.15, 0.2) is 71.9 Å². The maximum atomic E-state index is 14.6. The van der Waals surface area contributed by atoms with E-state index in [4.69, 9.17) is 11.6 Å². The minimum atomic E-state index is -0.690. The summed E-state index contributed by atoms with van der Waals surface area (Å²) in [6.45, 7) is 0.172. The summed E-state index contributed by atoms with van der Waals surface area (Å²) in [5.74, 6) is -0.985. The third kappa shape index (κ3) is 3.66. The summed E-state index contributed by atoms with van der Waals surface area (Å²) in [5.41, 5.74) is 3.36. The molecule has 0 spiro atoms. The Kier molecular flexibility index (Phi) is 4.92.